The largest absolute Gasteiger partial charge is 0.494 e. The van der Waals surface area contributed by atoms with Crippen LogP contribution in [0.2, 0.25) is 5.02 Å². The predicted octanol–water partition coefficient (Wildman–Crippen LogP) is 5.41. The highest BCUT2D eigenvalue weighted by atomic mass is 35.5. The van der Waals surface area contributed by atoms with Crippen molar-refractivity contribution in [1.82, 2.24) is 10.2 Å². The Labute approximate surface area is 246 Å². The number of hydrogen-bond donors (Lipinski definition) is 1. The second-order valence-corrected chi connectivity index (χ2v) is 11.6. The minimum absolute atomic E-state index is 0.0500. The molecule has 0 aromatic heterocycles. The molecule has 0 fully saturated rings. The lowest BCUT2D eigenvalue weighted by Gasteiger charge is -2.33. The van der Waals surface area contributed by atoms with Crippen LogP contribution in [0.3, 0.4) is 0 Å². The number of ether oxygens (including phenoxy) is 1. The van der Waals surface area contributed by atoms with Gasteiger partial charge in [-0.1, -0.05) is 37.6 Å². The van der Waals surface area contributed by atoms with E-state index in [1.165, 1.54) is 41.3 Å². The molecule has 1 N–H and O–H groups in total. The van der Waals surface area contributed by atoms with Crippen LogP contribution in [0.5, 0.6) is 5.75 Å². The fraction of sp³-hybridized carbons (Fsp3) is 0.333. The highest BCUT2D eigenvalue weighted by Crippen LogP contribution is 2.26. The lowest BCUT2D eigenvalue weighted by atomic mass is 10.1. The monoisotopic (exact) mass is 603 g/mol. The fourth-order valence-electron chi connectivity index (χ4n) is 4.21. The summed E-state index contributed by atoms with van der Waals surface area (Å²) in [5.41, 5.74) is 0.816. The van der Waals surface area contributed by atoms with Crippen LogP contribution in [0, 0.1) is 5.82 Å². The Kier molecular flexibility index (Phi) is 11.5. The maximum Gasteiger partial charge on any atom is 0.264 e. The third-order valence-corrected chi connectivity index (χ3v) is 8.36. The van der Waals surface area contributed by atoms with Gasteiger partial charge in [-0.3, -0.25) is 13.9 Å². The smallest absolute Gasteiger partial charge is 0.264 e. The summed E-state index contributed by atoms with van der Waals surface area (Å²) in [7, 11) is -4.28. The van der Waals surface area contributed by atoms with Crippen molar-refractivity contribution in [3.8, 4) is 5.75 Å². The quantitative estimate of drug-likeness (QED) is 0.266. The van der Waals surface area contributed by atoms with Gasteiger partial charge in [0.05, 0.1) is 17.2 Å². The van der Waals surface area contributed by atoms with Gasteiger partial charge in [0.25, 0.3) is 10.0 Å². The summed E-state index contributed by atoms with van der Waals surface area (Å²) in [6, 6.07) is 16.7. The Hall–Kier alpha value is -3.63. The van der Waals surface area contributed by atoms with Gasteiger partial charge < -0.3 is 15.0 Å². The van der Waals surface area contributed by atoms with E-state index < -0.39 is 34.3 Å². The van der Waals surface area contributed by atoms with Crippen LogP contribution >= 0.6 is 11.6 Å². The maximum atomic E-state index is 14.0. The zero-order valence-electron chi connectivity index (χ0n) is 23.3. The van der Waals surface area contributed by atoms with Gasteiger partial charge in [0.15, 0.2) is 0 Å². The van der Waals surface area contributed by atoms with Gasteiger partial charge in [0, 0.05) is 18.1 Å². The number of rotatable bonds is 14. The zero-order valence-corrected chi connectivity index (χ0v) is 24.9. The van der Waals surface area contributed by atoms with E-state index in [2.05, 4.69) is 5.32 Å². The number of anilines is 1. The number of carbonyl (C=O) groups is 2. The average Bonchev–Trinajstić information content (AvgIpc) is 2.96. The topological polar surface area (TPSA) is 96.0 Å². The Morgan fingerprint density at radius 3 is 2.15 bits per heavy atom. The molecule has 0 spiro atoms. The molecule has 11 heteroatoms. The summed E-state index contributed by atoms with van der Waals surface area (Å²) in [6.45, 7) is 5.80. The minimum Gasteiger partial charge on any atom is -0.494 e. The summed E-state index contributed by atoms with van der Waals surface area (Å²) in [5, 5.41) is 3.35. The molecule has 0 radical (unpaired) electrons. The van der Waals surface area contributed by atoms with E-state index in [9.17, 15) is 22.4 Å². The fourth-order valence-corrected chi connectivity index (χ4v) is 5.75. The molecule has 3 aromatic carbocycles. The SMILES string of the molecule is CCCNC(=O)C(CC)N(Cc1ccc(Cl)cc1)C(=O)CN(c1ccc(F)cc1)S(=O)(=O)c1ccc(OCC)cc1. The van der Waals surface area contributed by atoms with Crippen molar-refractivity contribution in [3.63, 3.8) is 0 Å². The molecule has 3 rings (SSSR count). The first-order valence-corrected chi connectivity index (χ1v) is 15.2. The van der Waals surface area contributed by atoms with Crippen LogP contribution in [-0.2, 0) is 26.2 Å². The van der Waals surface area contributed by atoms with Gasteiger partial charge >= 0.3 is 0 Å². The zero-order chi connectivity index (χ0) is 30.0. The first-order valence-electron chi connectivity index (χ1n) is 13.4. The number of sulfonamides is 1. The van der Waals surface area contributed by atoms with Crippen molar-refractivity contribution >= 4 is 39.1 Å². The number of nitrogens with one attached hydrogen (secondary N) is 1. The lowest BCUT2D eigenvalue weighted by Crippen LogP contribution is -2.52. The van der Waals surface area contributed by atoms with Gasteiger partial charge in [-0.25, -0.2) is 12.8 Å². The standard InChI is InChI=1S/C30H35ClFN3O5S/c1-4-19-33-30(37)28(5-2)34(20-22-7-9-23(31)10-8-22)29(36)21-35(25-13-11-24(32)12-14-25)41(38,39)27-17-15-26(16-18-27)40-6-3/h7-18,28H,4-6,19-21H2,1-3H3,(H,33,37). The van der Waals surface area contributed by atoms with Crippen LogP contribution in [0.15, 0.2) is 77.7 Å². The molecule has 3 aromatic rings. The molecular weight excluding hydrogens is 569 g/mol. The molecular formula is C30H35ClFN3O5S. The van der Waals surface area contributed by atoms with Crippen molar-refractivity contribution in [1.29, 1.82) is 0 Å². The molecule has 0 aliphatic heterocycles. The van der Waals surface area contributed by atoms with Gasteiger partial charge in [-0.15, -0.1) is 0 Å². The number of carbonyl (C=O) groups excluding carboxylic acids is 2. The minimum atomic E-state index is -4.28. The second-order valence-electron chi connectivity index (χ2n) is 9.26. The normalized spacial score (nSPS) is 11.9. The molecule has 0 saturated carbocycles. The highest BCUT2D eigenvalue weighted by Gasteiger charge is 2.33. The van der Waals surface area contributed by atoms with E-state index >= 15 is 0 Å². The number of nitrogens with zero attached hydrogens (tertiary/aromatic N) is 2. The molecule has 220 valence electrons. The van der Waals surface area contributed by atoms with Crippen molar-refractivity contribution in [2.24, 2.45) is 0 Å². The van der Waals surface area contributed by atoms with Crippen molar-refractivity contribution < 1.29 is 27.1 Å². The molecule has 41 heavy (non-hydrogen) atoms. The van der Waals surface area contributed by atoms with Gasteiger partial charge in [0.1, 0.15) is 24.2 Å². The summed E-state index contributed by atoms with van der Waals surface area (Å²) in [4.78, 5) is 28.4. The van der Waals surface area contributed by atoms with E-state index in [4.69, 9.17) is 16.3 Å². The summed E-state index contributed by atoms with van der Waals surface area (Å²) >= 11 is 6.04. The predicted molar refractivity (Wildman–Crippen MR) is 158 cm³/mol. The van der Waals surface area contributed by atoms with Crippen LogP contribution in [0.4, 0.5) is 10.1 Å². The molecule has 0 heterocycles. The van der Waals surface area contributed by atoms with Crippen molar-refractivity contribution in [2.45, 2.75) is 51.1 Å². The Morgan fingerprint density at radius 2 is 1.59 bits per heavy atom. The molecule has 1 unspecified atom stereocenters. The third kappa shape index (κ3) is 8.43. The summed E-state index contributed by atoms with van der Waals surface area (Å²) in [5.74, 6) is -0.993. The summed E-state index contributed by atoms with van der Waals surface area (Å²) < 4.78 is 47.9. The van der Waals surface area contributed by atoms with Gasteiger partial charge in [-0.05, 0) is 86.0 Å². The number of halogens is 2. The van der Waals surface area contributed by atoms with Crippen LogP contribution in [-0.4, -0.2) is 50.9 Å². The Morgan fingerprint density at radius 1 is 0.951 bits per heavy atom. The molecule has 1 atom stereocenters. The molecule has 0 aliphatic rings. The molecule has 0 bridgehead atoms. The molecule has 8 nitrogen and oxygen atoms in total. The molecule has 2 amide bonds. The van der Waals surface area contributed by atoms with E-state index in [1.54, 1.807) is 31.2 Å². The number of hydrogen-bond acceptors (Lipinski definition) is 5. The molecule has 0 aliphatic carbocycles. The molecule has 0 saturated heterocycles. The third-order valence-electron chi connectivity index (χ3n) is 6.32. The number of amides is 2. The maximum absolute atomic E-state index is 14.0. The van der Waals surface area contributed by atoms with E-state index in [0.717, 1.165) is 16.4 Å². The first kappa shape index (κ1) is 31.9. The van der Waals surface area contributed by atoms with Crippen LogP contribution < -0.4 is 14.4 Å². The first-order chi connectivity index (χ1) is 19.6. The van der Waals surface area contributed by atoms with Crippen LogP contribution in [0.1, 0.15) is 39.2 Å². The Balaban J connectivity index is 2.03. The Bertz CT molecular complexity index is 1400. The van der Waals surface area contributed by atoms with E-state index in [-0.39, 0.29) is 23.0 Å². The van der Waals surface area contributed by atoms with Gasteiger partial charge in [-0.2, -0.15) is 0 Å². The van der Waals surface area contributed by atoms with Crippen LogP contribution in [0.25, 0.3) is 0 Å². The highest BCUT2D eigenvalue weighted by molar-refractivity contribution is 7.92. The summed E-state index contributed by atoms with van der Waals surface area (Å²) in [6.07, 6.45) is 1.02. The van der Waals surface area contributed by atoms with E-state index in [1.807, 2.05) is 13.8 Å². The van der Waals surface area contributed by atoms with Crippen molar-refractivity contribution in [3.05, 3.63) is 89.2 Å². The van der Waals surface area contributed by atoms with Gasteiger partial charge in [0.2, 0.25) is 11.8 Å². The van der Waals surface area contributed by atoms with E-state index in [0.29, 0.717) is 42.3 Å². The van der Waals surface area contributed by atoms with Crippen molar-refractivity contribution in [2.75, 3.05) is 24.0 Å². The average molecular weight is 604 g/mol. The lowest BCUT2D eigenvalue weighted by molar-refractivity contribution is -0.140. The number of benzene rings is 3. The second kappa shape index (κ2) is 14.8.